The Morgan fingerprint density at radius 2 is 2.12 bits per heavy atom. The highest BCUT2D eigenvalue weighted by Crippen LogP contribution is 2.16. The Balaban J connectivity index is 2.44. The van der Waals surface area contributed by atoms with Crippen LogP contribution in [0.15, 0.2) is 39.5 Å². The average Bonchev–Trinajstić information content (AvgIpc) is 2.29. The third-order valence-electron chi connectivity index (χ3n) is 2.19. The molecule has 0 aliphatic rings. The van der Waals surface area contributed by atoms with Gasteiger partial charge in [-0.2, -0.15) is 0 Å². The molecule has 0 fully saturated rings. The molecule has 0 amide bonds. The van der Waals surface area contributed by atoms with Crippen molar-refractivity contribution in [2.24, 2.45) is 5.73 Å². The summed E-state index contributed by atoms with van der Waals surface area (Å²) < 4.78 is 9.84. The van der Waals surface area contributed by atoms with Gasteiger partial charge >= 0.3 is 11.6 Å². The smallest absolute Gasteiger partial charge is 0.379 e. The first-order chi connectivity index (χ1) is 8.08. The van der Waals surface area contributed by atoms with Gasteiger partial charge in [-0.15, -0.1) is 0 Å². The highest BCUT2D eigenvalue weighted by molar-refractivity contribution is 5.80. The molecule has 88 valence electrons. The predicted octanol–water partition coefficient (Wildman–Crippen LogP) is 1.05. The van der Waals surface area contributed by atoms with Crippen molar-refractivity contribution in [2.45, 2.75) is 13.0 Å². The van der Waals surface area contributed by atoms with Gasteiger partial charge in [0.1, 0.15) is 11.6 Å². The summed E-state index contributed by atoms with van der Waals surface area (Å²) in [6, 6.07) is 7.62. The largest absolute Gasteiger partial charge is 0.420 e. The van der Waals surface area contributed by atoms with Crippen molar-refractivity contribution in [3.63, 3.8) is 0 Å². The van der Waals surface area contributed by atoms with Gasteiger partial charge in [-0.1, -0.05) is 18.2 Å². The van der Waals surface area contributed by atoms with Crippen LogP contribution in [0.3, 0.4) is 0 Å². The highest BCUT2D eigenvalue weighted by Gasteiger charge is 2.14. The number of esters is 1. The molecule has 1 aromatic carbocycles. The van der Waals surface area contributed by atoms with Gasteiger partial charge in [0.15, 0.2) is 0 Å². The Kier molecular flexibility index (Phi) is 2.93. The Bertz CT molecular complexity index is 615. The molecule has 1 aromatic heterocycles. The van der Waals surface area contributed by atoms with Crippen LogP contribution in [0.1, 0.15) is 6.92 Å². The SMILES string of the molecule is C[C@H](N)C(=O)Oc1cc2ccccc2oc1=O. The Morgan fingerprint density at radius 3 is 2.82 bits per heavy atom. The van der Waals surface area contributed by atoms with Crippen LogP contribution < -0.4 is 16.1 Å². The van der Waals surface area contributed by atoms with Crippen molar-refractivity contribution < 1.29 is 13.9 Å². The minimum Gasteiger partial charge on any atom is -0.420 e. The second kappa shape index (κ2) is 4.39. The van der Waals surface area contributed by atoms with Crippen molar-refractivity contribution in [1.29, 1.82) is 0 Å². The summed E-state index contributed by atoms with van der Waals surface area (Å²) in [4.78, 5) is 22.8. The Hall–Kier alpha value is -2.14. The lowest BCUT2D eigenvalue weighted by atomic mass is 10.2. The average molecular weight is 233 g/mol. The Morgan fingerprint density at radius 1 is 1.41 bits per heavy atom. The number of fused-ring (bicyclic) bond motifs is 1. The number of nitrogens with two attached hydrogens (primary N) is 1. The lowest BCUT2D eigenvalue weighted by Gasteiger charge is -2.05. The van der Waals surface area contributed by atoms with Crippen molar-refractivity contribution >= 4 is 16.9 Å². The molecular weight excluding hydrogens is 222 g/mol. The number of carbonyl (C=O) groups is 1. The zero-order valence-corrected chi connectivity index (χ0v) is 9.17. The number of para-hydroxylation sites is 1. The minimum absolute atomic E-state index is 0.147. The molecule has 2 rings (SSSR count). The van der Waals surface area contributed by atoms with E-state index in [2.05, 4.69) is 0 Å². The molecule has 17 heavy (non-hydrogen) atoms. The fraction of sp³-hybridized carbons (Fsp3) is 0.167. The van der Waals surface area contributed by atoms with Gasteiger partial charge in [0.2, 0.25) is 5.75 Å². The number of hydrogen-bond acceptors (Lipinski definition) is 5. The van der Waals surface area contributed by atoms with Gasteiger partial charge in [-0.05, 0) is 19.1 Å². The highest BCUT2D eigenvalue weighted by atomic mass is 16.5. The van der Waals surface area contributed by atoms with Crippen LogP contribution in [0.4, 0.5) is 0 Å². The maximum absolute atomic E-state index is 11.5. The van der Waals surface area contributed by atoms with E-state index in [0.717, 1.165) is 0 Å². The molecule has 0 aliphatic carbocycles. The zero-order valence-electron chi connectivity index (χ0n) is 9.17. The van der Waals surface area contributed by atoms with E-state index in [1.54, 1.807) is 24.3 Å². The van der Waals surface area contributed by atoms with Gasteiger partial charge in [0.25, 0.3) is 0 Å². The molecule has 0 bridgehead atoms. The van der Waals surface area contributed by atoms with Crippen molar-refractivity contribution in [3.8, 4) is 5.75 Å². The molecule has 0 aliphatic heterocycles. The van der Waals surface area contributed by atoms with Crippen molar-refractivity contribution in [1.82, 2.24) is 0 Å². The summed E-state index contributed by atoms with van der Waals surface area (Å²) in [6.07, 6.45) is 0. The third kappa shape index (κ3) is 2.34. The summed E-state index contributed by atoms with van der Waals surface area (Å²) >= 11 is 0. The number of ether oxygens (including phenoxy) is 1. The van der Waals surface area contributed by atoms with Gasteiger partial charge in [0, 0.05) is 5.39 Å². The lowest BCUT2D eigenvalue weighted by molar-refractivity contribution is -0.135. The molecule has 0 saturated carbocycles. The maximum atomic E-state index is 11.5. The summed E-state index contributed by atoms with van der Waals surface area (Å²) in [5, 5.41) is 0.680. The molecular formula is C12H11NO4. The first-order valence-electron chi connectivity index (χ1n) is 5.08. The summed E-state index contributed by atoms with van der Waals surface area (Å²) in [5.41, 5.74) is 5.09. The normalized spacial score (nSPS) is 12.4. The van der Waals surface area contributed by atoms with Crippen LogP contribution in [0.2, 0.25) is 0 Å². The molecule has 1 atom stereocenters. The minimum atomic E-state index is -0.791. The third-order valence-corrected chi connectivity index (χ3v) is 2.19. The monoisotopic (exact) mass is 233 g/mol. The van der Waals surface area contributed by atoms with Gasteiger partial charge in [-0.3, -0.25) is 0 Å². The number of rotatable bonds is 2. The number of carbonyl (C=O) groups excluding carboxylic acids is 1. The summed E-state index contributed by atoms with van der Waals surface area (Å²) in [5.74, 6) is -0.821. The van der Waals surface area contributed by atoms with Crippen LogP contribution in [-0.2, 0) is 4.79 Å². The molecule has 0 spiro atoms. The molecule has 0 unspecified atom stereocenters. The first kappa shape index (κ1) is 11.3. The van der Waals surface area contributed by atoms with Crippen molar-refractivity contribution in [3.05, 3.63) is 40.8 Å². The molecule has 5 heteroatoms. The van der Waals surface area contributed by atoms with Crippen LogP contribution >= 0.6 is 0 Å². The van der Waals surface area contributed by atoms with Crippen LogP contribution in [0, 0.1) is 0 Å². The predicted molar refractivity (Wildman–Crippen MR) is 61.8 cm³/mol. The molecule has 0 saturated heterocycles. The Labute approximate surface area is 96.8 Å². The topological polar surface area (TPSA) is 82.5 Å². The first-order valence-corrected chi connectivity index (χ1v) is 5.08. The van der Waals surface area contributed by atoms with E-state index in [-0.39, 0.29) is 5.75 Å². The number of benzene rings is 1. The van der Waals surface area contributed by atoms with Gasteiger partial charge in [-0.25, -0.2) is 9.59 Å². The second-order valence-corrected chi connectivity index (χ2v) is 3.65. The molecule has 2 aromatic rings. The van der Waals surface area contributed by atoms with E-state index >= 15 is 0 Å². The van der Waals surface area contributed by atoms with Gasteiger partial charge in [0.05, 0.1) is 0 Å². The fourth-order valence-electron chi connectivity index (χ4n) is 1.32. The van der Waals surface area contributed by atoms with Crippen molar-refractivity contribution in [2.75, 3.05) is 0 Å². The van der Waals surface area contributed by atoms with E-state index in [0.29, 0.717) is 11.0 Å². The molecule has 2 N–H and O–H groups in total. The molecule has 0 radical (unpaired) electrons. The van der Waals surface area contributed by atoms with Crippen LogP contribution in [0.25, 0.3) is 11.0 Å². The maximum Gasteiger partial charge on any atom is 0.379 e. The van der Waals surface area contributed by atoms with E-state index in [1.807, 2.05) is 0 Å². The quantitative estimate of drug-likeness (QED) is 0.619. The zero-order chi connectivity index (χ0) is 12.4. The van der Waals surface area contributed by atoms with Gasteiger partial charge < -0.3 is 14.9 Å². The summed E-state index contributed by atoms with van der Waals surface area (Å²) in [6.45, 7) is 1.48. The fourth-order valence-corrected chi connectivity index (χ4v) is 1.32. The standard InChI is InChI=1S/C12H11NO4/c1-7(13)11(14)17-10-6-8-4-2-3-5-9(8)16-12(10)15/h2-7H,13H2,1H3/t7-/m0/s1. The molecule has 5 nitrogen and oxygen atoms in total. The number of hydrogen-bond donors (Lipinski definition) is 1. The molecule has 1 heterocycles. The van der Waals surface area contributed by atoms with E-state index in [1.165, 1.54) is 13.0 Å². The lowest BCUT2D eigenvalue weighted by Crippen LogP contribution is -2.32. The van der Waals surface area contributed by atoms with Crippen LogP contribution in [-0.4, -0.2) is 12.0 Å². The second-order valence-electron chi connectivity index (χ2n) is 3.65. The van der Waals surface area contributed by atoms with E-state index in [4.69, 9.17) is 14.9 Å². The van der Waals surface area contributed by atoms with E-state index in [9.17, 15) is 9.59 Å². The van der Waals surface area contributed by atoms with Crippen LogP contribution in [0.5, 0.6) is 5.75 Å². The summed E-state index contributed by atoms with van der Waals surface area (Å²) in [7, 11) is 0. The van der Waals surface area contributed by atoms with E-state index < -0.39 is 17.6 Å².